The summed E-state index contributed by atoms with van der Waals surface area (Å²) in [6, 6.07) is 3.50. The molecule has 6 heteroatoms. The Bertz CT molecular complexity index is 517. The number of carbonyl (C=O) groups excluding carboxylic acids is 1. The maximum atomic E-state index is 11.8. The molecule has 2 N–H and O–H groups in total. The highest BCUT2D eigenvalue weighted by atomic mass is 16.5. The Morgan fingerprint density at radius 1 is 1.46 bits per heavy atom. The number of anilines is 1. The number of nitrogens with zero attached hydrogens (tertiary/aromatic N) is 1. The fraction of sp³-hybridized carbons (Fsp3) is 0.556. The maximum Gasteiger partial charge on any atom is 0.250 e. The SMILES string of the molecule is CC[C@H](O)/C(=C\COCC(=O)Nc1cccnc1)[C@@H](OC)C(C)C. The lowest BCUT2D eigenvalue weighted by Crippen LogP contribution is -2.28. The van der Waals surface area contributed by atoms with Gasteiger partial charge in [0.1, 0.15) is 6.61 Å². The van der Waals surface area contributed by atoms with Crippen molar-refractivity contribution in [3.63, 3.8) is 0 Å². The first-order valence-corrected chi connectivity index (χ1v) is 8.18. The quantitative estimate of drug-likeness (QED) is 0.506. The summed E-state index contributed by atoms with van der Waals surface area (Å²) in [4.78, 5) is 15.7. The summed E-state index contributed by atoms with van der Waals surface area (Å²) in [5.74, 6) is -0.0162. The van der Waals surface area contributed by atoms with Crippen molar-refractivity contribution >= 4 is 11.6 Å². The van der Waals surface area contributed by atoms with E-state index in [1.54, 1.807) is 37.7 Å². The minimum absolute atomic E-state index is 0.0692. The third kappa shape index (κ3) is 6.78. The van der Waals surface area contributed by atoms with Gasteiger partial charge in [0.2, 0.25) is 5.91 Å². The number of hydrogen-bond donors (Lipinski definition) is 2. The van der Waals surface area contributed by atoms with E-state index in [-0.39, 0.29) is 31.1 Å². The monoisotopic (exact) mass is 336 g/mol. The Hall–Kier alpha value is -1.76. The number of hydrogen-bond acceptors (Lipinski definition) is 5. The lowest BCUT2D eigenvalue weighted by atomic mass is 9.93. The average Bonchev–Trinajstić information content (AvgIpc) is 2.57. The van der Waals surface area contributed by atoms with Crippen LogP contribution in [0.15, 0.2) is 36.2 Å². The number of carbonyl (C=O) groups is 1. The van der Waals surface area contributed by atoms with Crippen molar-refractivity contribution in [3.8, 4) is 0 Å². The molecule has 0 aliphatic rings. The second-order valence-corrected chi connectivity index (χ2v) is 5.83. The maximum absolute atomic E-state index is 11.8. The zero-order chi connectivity index (χ0) is 17.9. The number of amides is 1. The van der Waals surface area contributed by atoms with E-state index in [2.05, 4.69) is 10.3 Å². The molecule has 0 spiro atoms. The molecule has 0 saturated carbocycles. The van der Waals surface area contributed by atoms with Crippen molar-refractivity contribution in [1.29, 1.82) is 0 Å². The van der Waals surface area contributed by atoms with E-state index < -0.39 is 6.10 Å². The van der Waals surface area contributed by atoms with Gasteiger partial charge >= 0.3 is 0 Å². The molecule has 2 atom stereocenters. The predicted octanol–water partition coefficient (Wildman–Crippen LogP) is 2.41. The summed E-state index contributed by atoms with van der Waals surface area (Å²) < 4.78 is 10.9. The van der Waals surface area contributed by atoms with Gasteiger partial charge in [-0.2, -0.15) is 0 Å². The van der Waals surface area contributed by atoms with Crippen LogP contribution in [0.25, 0.3) is 0 Å². The molecule has 1 aromatic heterocycles. The van der Waals surface area contributed by atoms with E-state index >= 15 is 0 Å². The van der Waals surface area contributed by atoms with Gasteiger partial charge < -0.3 is 19.9 Å². The first-order valence-electron chi connectivity index (χ1n) is 8.18. The third-order valence-electron chi connectivity index (χ3n) is 3.57. The largest absolute Gasteiger partial charge is 0.389 e. The summed E-state index contributed by atoms with van der Waals surface area (Å²) >= 11 is 0. The van der Waals surface area contributed by atoms with Gasteiger partial charge in [-0.15, -0.1) is 0 Å². The van der Waals surface area contributed by atoms with Gasteiger partial charge in [0.05, 0.1) is 30.7 Å². The normalized spacial score (nSPS) is 14.5. The number of nitrogens with one attached hydrogen (secondary N) is 1. The second-order valence-electron chi connectivity index (χ2n) is 5.83. The molecular weight excluding hydrogens is 308 g/mol. The molecule has 0 fully saturated rings. The van der Waals surface area contributed by atoms with Crippen LogP contribution in [0.3, 0.4) is 0 Å². The highest BCUT2D eigenvalue weighted by Crippen LogP contribution is 2.20. The molecule has 0 radical (unpaired) electrons. The molecule has 1 heterocycles. The number of aromatic nitrogens is 1. The smallest absolute Gasteiger partial charge is 0.250 e. The van der Waals surface area contributed by atoms with E-state index in [9.17, 15) is 9.90 Å². The summed E-state index contributed by atoms with van der Waals surface area (Å²) in [5.41, 5.74) is 1.42. The highest BCUT2D eigenvalue weighted by Gasteiger charge is 2.22. The number of ether oxygens (including phenoxy) is 2. The van der Waals surface area contributed by atoms with Crippen LogP contribution in [0.1, 0.15) is 27.2 Å². The molecule has 0 aromatic carbocycles. The van der Waals surface area contributed by atoms with Crippen LogP contribution in [-0.2, 0) is 14.3 Å². The van der Waals surface area contributed by atoms with Crippen molar-refractivity contribution in [1.82, 2.24) is 4.98 Å². The molecule has 0 saturated heterocycles. The number of rotatable bonds is 10. The van der Waals surface area contributed by atoms with Crippen molar-refractivity contribution in [2.45, 2.75) is 39.4 Å². The molecule has 0 bridgehead atoms. The number of methoxy groups -OCH3 is 1. The van der Waals surface area contributed by atoms with E-state index in [1.165, 1.54) is 0 Å². The van der Waals surface area contributed by atoms with Gasteiger partial charge in [0.15, 0.2) is 0 Å². The standard InChI is InChI=1S/C18H28N2O4/c1-5-16(21)15(18(23-4)13(2)3)8-10-24-12-17(22)20-14-7-6-9-19-11-14/h6-9,11,13,16,18,21H,5,10,12H2,1-4H3,(H,20,22)/b15-8+/t16-,18-/m0/s1. The molecule has 0 aliphatic carbocycles. The molecule has 1 rings (SSSR count). The van der Waals surface area contributed by atoms with Crippen LogP contribution < -0.4 is 5.32 Å². The van der Waals surface area contributed by atoms with Crippen molar-refractivity contribution in [3.05, 3.63) is 36.2 Å². The van der Waals surface area contributed by atoms with Gasteiger partial charge in [0.25, 0.3) is 0 Å². The average molecular weight is 336 g/mol. The van der Waals surface area contributed by atoms with Crippen LogP contribution >= 0.6 is 0 Å². The van der Waals surface area contributed by atoms with Crippen molar-refractivity contribution in [2.75, 3.05) is 25.6 Å². The van der Waals surface area contributed by atoms with Gasteiger partial charge in [-0.05, 0) is 30.0 Å². The Morgan fingerprint density at radius 3 is 2.75 bits per heavy atom. The number of pyridine rings is 1. The lowest BCUT2D eigenvalue weighted by molar-refractivity contribution is -0.120. The Labute approximate surface area is 143 Å². The molecule has 134 valence electrons. The summed E-state index contributed by atoms with van der Waals surface area (Å²) in [6.07, 6.45) is 4.86. The van der Waals surface area contributed by atoms with Gasteiger partial charge in [-0.3, -0.25) is 9.78 Å². The zero-order valence-electron chi connectivity index (χ0n) is 14.9. The molecule has 6 nitrogen and oxygen atoms in total. The van der Waals surface area contributed by atoms with Crippen LogP contribution in [0, 0.1) is 5.92 Å². The number of aliphatic hydroxyl groups excluding tert-OH is 1. The van der Waals surface area contributed by atoms with Crippen LogP contribution in [0.5, 0.6) is 0 Å². The zero-order valence-corrected chi connectivity index (χ0v) is 14.9. The van der Waals surface area contributed by atoms with Crippen molar-refractivity contribution < 1.29 is 19.4 Å². The first-order chi connectivity index (χ1) is 11.5. The molecular formula is C18H28N2O4. The molecule has 0 unspecified atom stereocenters. The fourth-order valence-electron chi connectivity index (χ4n) is 2.41. The molecule has 24 heavy (non-hydrogen) atoms. The van der Waals surface area contributed by atoms with E-state index in [0.29, 0.717) is 12.1 Å². The summed E-state index contributed by atoms with van der Waals surface area (Å²) in [5, 5.41) is 12.9. The van der Waals surface area contributed by atoms with Crippen LogP contribution in [0.4, 0.5) is 5.69 Å². The van der Waals surface area contributed by atoms with Gasteiger partial charge in [0, 0.05) is 13.3 Å². The third-order valence-corrected chi connectivity index (χ3v) is 3.57. The summed E-state index contributed by atoms with van der Waals surface area (Å²) in [7, 11) is 1.63. The van der Waals surface area contributed by atoms with Crippen LogP contribution in [0.2, 0.25) is 0 Å². The van der Waals surface area contributed by atoms with E-state index in [1.807, 2.05) is 20.8 Å². The molecule has 0 aliphatic heterocycles. The van der Waals surface area contributed by atoms with Crippen molar-refractivity contribution in [2.24, 2.45) is 5.92 Å². The van der Waals surface area contributed by atoms with E-state index in [0.717, 1.165) is 5.57 Å². The fourth-order valence-corrected chi connectivity index (χ4v) is 2.41. The topological polar surface area (TPSA) is 80.7 Å². The number of aliphatic hydroxyl groups is 1. The Kier molecular flexibility index (Phi) is 9.22. The predicted molar refractivity (Wildman–Crippen MR) is 93.7 cm³/mol. The minimum Gasteiger partial charge on any atom is -0.389 e. The second kappa shape index (κ2) is 10.9. The lowest BCUT2D eigenvalue weighted by Gasteiger charge is -2.26. The highest BCUT2D eigenvalue weighted by molar-refractivity contribution is 5.91. The van der Waals surface area contributed by atoms with Gasteiger partial charge in [-0.25, -0.2) is 0 Å². The van der Waals surface area contributed by atoms with E-state index in [4.69, 9.17) is 9.47 Å². The Balaban J connectivity index is 2.53. The van der Waals surface area contributed by atoms with Crippen LogP contribution in [-0.4, -0.2) is 48.5 Å². The van der Waals surface area contributed by atoms with Gasteiger partial charge in [-0.1, -0.05) is 26.8 Å². The summed E-state index contributed by atoms with van der Waals surface area (Å²) in [6.45, 7) is 6.15. The Morgan fingerprint density at radius 2 is 2.21 bits per heavy atom. The molecule has 1 aromatic rings. The first kappa shape index (κ1) is 20.3. The molecule has 1 amide bonds. The minimum atomic E-state index is -0.579.